The van der Waals surface area contributed by atoms with E-state index in [9.17, 15) is 45.5 Å². The Morgan fingerprint density at radius 3 is 1.22 bits per heavy atom. The van der Waals surface area contributed by atoms with Crippen molar-refractivity contribution in [3.63, 3.8) is 0 Å². The maximum atomic E-state index is 12.3. The van der Waals surface area contributed by atoms with Crippen molar-refractivity contribution in [3.8, 4) is 0 Å². The van der Waals surface area contributed by atoms with E-state index < -0.39 is 47.1 Å². The number of urea groups is 2. The number of carbonyl (C=O) groups is 4. The Morgan fingerprint density at radius 2 is 0.939 bits per heavy atom. The predicted octanol–water partition coefficient (Wildman–Crippen LogP) is 9.38. The van der Waals surface area contributed by atoms with E-state index in [4.69, 9.17) is 0 Å². The molecule has 0 spiro atoms. The van der Waals surface area contributed by atoms with Crippen molar-refractivity contribution >= 4 is 69.9 Å². The fourth-order valence-electron chi connectivity index (χ4n) is 3.56. The molecule has 2 aliphatic rings. The quantitative estimate of drug-likeness (QED) is 0.180. The summed E-state index contributed by atoms with van der Waals surface area (Å²) in [5, 5.41) is 18.6. The molecule has 49 heavy (non-hydrogen) atoms. The fraction of sp³-hybridized carbons (Fsp3) is 0.333. The van der Waals surface area contributed by atoms with Crippen molar-refractivity contribution in [2.75, 3.05) is 10.6 Å². The normalized spacial score (nSPS) is 15.3. The van der Waals surface area contributed by atoms with Gasteiger partial charge in [-0.2, -0.15) is 26.3 Å². The number of rotatable bonds is 4. The summed E-state index contributed by atoms with van der Waals surface area (Å²) >= 11 is 1.87. The zero-order chi connectivity index (χ0) is 36.2. The van der Waals surface area contributed by atoms with Crippen LogP contribution in [0.1, 0.15) is 41.5 Å². The van der Waals surface area contributed by atoms with Crippen molar-refractivity contribution in [1.82, 2.24) is 10.6 Å². The summed E-state index contributed by atoms with van der Waals surface area (Å²) in [5.74, 6) is -3.91. The summed E-state index contributed by atoms with van der Waals surface area (Å²) in [6.45, 7) is 11.0. The van der Waals surface area contributed by atoms with Gasteiger partial charge in [-0.1, -0.05) is 22.2 Å². The molecule has 0 saturated carbocycles. The number of hydrogen-bond acceptors (Lipinski definition) is 6. The Hall–Kier alpha value is -3.81. The van der Waals surface area contributed by atoms with E-state index in [1.54, 1.807) is 36.4 Å². The molecule has 0 aliphatic carbocycles. The minimum Gasteiger partial charge on any atom is -0.651 e. The molecule has 2 aliphatic heterocycles. The fourth-order valence-corrected chi connectivity index (χ4v) is 5.44. The average molecular weight is 776 g/mol. The molecule has 4 N–H and O–H groups in total. The van der Waals surface area contributed by atoms with Gasteiger partial charge >= 0.3 is 41.2 Å². The standard InChI is InChI=1S/2C15H16F3N3O2S.Co/c2*1-14(2,3)21-13(23)19-8-4-5-9-10(6-8)24-12(20-9)7-11(22)15(16,17)18;/h2*4-7H,1-3H3,(H3,19,20,21,22,23);/q;;+2/p-2. The number of nitrogens with zero attached hydrogens (tertiary/aromatic N) is 2. The molecule has 0 fully saturated rings. The third-order valence-electron chi connectivity index (χ3n) is 5.37. The number of alkyl halides is 6. The summed E-state index contributed by atoms with van der Waals surface area (Å²) in [5.41, 5.74) is 1.03. The molecule has 267 valence electrons. The zero-order valence-corrected chi connectivity index (χ0v) is 29.2. The van der Waals surface area contributed by atoms with Crippen LogP contribution < -0.4 is 21.3 Å². The van der Waals surface area contributed by atoms with Crippen LogP contribution in [-0.4, -0.2) is 47.1 Å². The smallest absolute Gasteiger partial charge is 0.651 e. The van der Waals surface area contributed by atoms with Crippen LogP contribution in [0.25, 0.3) is 10.6 Å². The maximum absolute atomic E-state index is 12.3. The van der Waals surface area contributed by atoms with Gasteiger partial charge in [0, 0.05) is 22.5 Å². The van der Waals surface area contributed by atoms with Gasteiger partial charge in [0.05, 0.1) is 0 Å². The predicted molar refractivity (Wildman–Crippen MR) is 173 cm³/mol. The number of carbonyl (C=O) groups excluding carboxylic acids is 4. The van der Waals surface area contributed by atoms with Crippen molar-refractivity contribution in [1.29, 1.82) is 0 Å². The summed E-state index contributed by atoms with van der Waals surface area (Å²) in [6, 6.07) is 8.67. The van der Waals surface area contributed by atoms with Crippen LogP contribution in [0.5, 0.6) is 0 Å². The number of fused-ring (bicyclic) bond motifs is 2. The Bertz CT molecular complexity index is 1550. The van der Waals surface area contributed by atoms with Crippen LogP contribution in [-0.2, 0) is 26.4 Å². The molecule has 10 nitrogen and oxygen atoms in total. The molecule has 4 amide bonds. The molecule has 2 aromatic rings. The second kappa shape index (κ2) is 15.8. The number of thioether (sulfide) groups is 2. The first-order valence-electron chi connectivity index (χ1n) is 13.8. The third kappa shape index (κ3) is 13.5. The van der Waals surface area contributed by atoms with E-state index in [2.05, 4.69) is 31.9 Å². The molecule has 0 atom stereocenters. The van der Waals surface area contributed by atoms with Gasteiger partial charge in [-0.3, -0.25) is 9.59 Å². The number of allylic oxidation sites excluding steroid dienone is 2. The first-order valence-corrected chi connectivity index (χ1v) is 15.4. The van der Waals surface area contributed by atoms with Gasteiger partial charge in [-0.25, -0.2) is 9.59 Å². The van der Waals surface area contributed by atoms with Crippen molar-refractivity contribution in [2.45, 2.75) is 74.8 Å². The van der Waals surface area contributed by atoms with Gasteiger partial charge in [0.25, 0.3) is 11.6 Å². The molecule has 2 heterocycles. The molecule has 0 bridgehead atoms. The van der Waals surface area contributed by atoms with Gasteiger partial charge in [-0.15, -0.1) is 34.9 Å². The van der Waals surface area contributed by atoms with Crippen molar-refractivity contribution in [2.24, 2.45) is 0 Å². The second-order valence-corrected chi connectivity index (χ2v) is 14.3. The summed E-state index contributed by atoms with van der Waals surface area (Å²) < 4.78 is 73.6. The van der Waals surface area contributed by atoms with E-state index in [0.717, 1.165) is 23.5 Å². The van der Waals surface area contributed by atoms with Crippen LogP contribution in [0.4, 0.5) is 58.7 Å². The first kappa shape index (κ1) is 41.4. The van der Waals surface area contributed by atoms with Crippen molar-refractivity contribution < 1.29 is 62.3 Å². The summed E-state index contributed by atoms with van der Waals surface area (Å²) in [4.78, 5) is 46.7. The largest absolute Gasteiger partial charge is 2.00 e. The molecular formula is C30H30CoF6N6O4S2. The molecule has 19 heteroatoms. The van der Waals surface area contributed by atoms with Crippen LogP contribution in [0.15, 0.2) is 68.4 Å². The van der Waals surface area contributed by atoms with Gasteiger partial charge in [-0.05, 0) is 87.8 Å². The first-order chi connectivity index (χ1) is 21.9. The number of hydrogen-bond donors (Lipinski definition) is 4. The SMILES string of the molecule is CC(C)(C)NC(=O)Nc1ccc2c(c1)S/C(=C/C(=O)C(F)(F)F)[N-]2.CC(C)(C)NC(=O)Nc1ccc2c(c1)S/C(=C/C(=O)C(F)(F)F)[N-]2.[Co+2]. The van der Waals surface area contributed by atoms with E-state index in [0.29, 0.717) is 44.7 Å². The molecular weight excluding hydrogens is 745 g/mol. The summed E-state index contributed by atoms with van der Waals surface area (Å²) in [6.07, 6.45) is -8.92. The van der Waals surface area contributed by atoms with E-state index >= 15 is 0 Å². The molecule has 2 aromatic carbocycles. The number of amides is 4. The van der Waals surface area contributed by atoms with Crippen LogP contribution in [0.3, 0.4) is 0 Å². The molecule has 0 unspecified atom stereocenters. The average Bonchev–Trinajstić information content (AvgIpc) is 3.47. The van der Waals surface area contributed by atoms with Crippen molar-refractivity contribution in [3.05, 3.63) is 69.2 Å². The molecule has 0 saturated heterocycles. The van der Waals surface area contributed by atoms with Gasteiger partial charge in [0.2, 0.25) is 0 Å². The van der Waals surface area contributed by atoms with Gasteiger partial charge in [0.15, 0.2) is 0 Å². The second-order valence-electron chi connectivity index (χ2n) is 12.1. The topological polar surface area (TPSA) is 145 Å². The van der Waals surface area contributed by atoms with Crippen LogP contribution in [0, 0.1) is 0 Å². The monoisotopic (exact) mass is 775 g/mol. The van der Waals surface area contributed by atoms with E-state index in [1.807, 2.05) is 41.5 Å². The Labute approximate surface area is 296 Å². The third-order valence-corrected chi connectivity index (χ3v) is 7.30. The number of anilines is 2. The van der Waals surface area contributed by atoms with Gasteiger partial charge in [0.1, 0.15) is 0 Å². The number of benzene rings is 2. The Kier molecular flexibility index (Phi) is 13.3. The van der Waals surface area contributed by atoms with Gasteiger partial charge < -0.3 is 31.9 Å². The summed E-state index contributed by atoms with van der Waals surface area (Å²) in [7, 11) is 0. The Balaban J connectivity index is 0.000000333. The number of ketones is 2. The molecule has 4 rings (SSSR count). The van der Waals surface area contributed by atoms with E-state index in [-0.39, 0.29) is 26.8 Å². The maximum Gasteiger partial charge on any atom is 2.00 e. The Morgan fingerprint density at radius 1 is 0.612 bits per heavy atom. The molecule has 0 aromatic heterocycles. The van der Waals surface area contributed by atoms with E-state index in [1.165, 1.54) is 0 Å². The van der Waals surface area contributed by atoms with Crippen LogP contribution >= 0.6 is 23.5 Å². The number of halogens is 6. The minimum atomic E-state index is -4.92. The molecule has 1 radical (unpaired) electrons. The minimum absolute atomic E-state index is 0. The number of nitrogens with one attached hydrogen (secondary N) is 4. The zero-order valence-electron chi connectivity index (χ0n) is 26.6. The van der Waals surface area contributed by atoms with Crippen LogP contribution in [0.2, 0.25) is 0 Å².